The van der Waals surface area contributed by atoms with Crippen LogP contribution in [0.1, 0.15) is 63.5 Å². The summed E-state index contributed by atoms with van der Waals surface area (Å²) in [5, 5.41) is 3.73. The highest BCUT2D eigenvalue weighted by Crippen LogP contribution is 2.35. The van der Waals surface area contributed by atoms with Crippen LogP contribution in [-0.4, -0.2) is 13.2 Å². The molecular formula is C23H30FNO. The fraction of sp³-hybridized carbons (Fsp3) is 0.478. The number of hydrogen-bond donors (Lipinski definition) is 1. The summed E-state index contributed by atoms with van der Waals surface area (Å²) in [5.74, 6) is 0.760. The zero-order valence-corrected chi connectivity index (χ0v) is 15.8. The van der Waals surface area contributed by atoms with Crippen molar-refractivity contribution < 1.29 is 9.13 Å². The number of halogens is 1. The number of benzene rings is 2. The third kappa shape index (κ3) is 5.07. The lowest BCUT2D eigenvalue weighted by Gasteiger charge is -2.19. The van der Waals surface area contributed by atoms with Gasteiger partial charge in [0.25, 0.3) is 0 Å². The van der Waals surface area contributed by atoms with Crippen LogP contribution in [0.5, 0.6) is 5.75 Å². The van der Waals surface area contributed by atoms with E-state index in [4.69, 9.17) is 4.74 Å². The summed E-state index contributed by atoms with van der Waals surface area (Å²) in [7, 11) is 0. The molecule has 1 unspecified atom stereocenters. The molecule has 0 amide bonds. The van der Waals surface area contributed by atoms with Gasteiger partial charge in [0.15, 0.2) is 0 Å². The van der Waals surface area contributed by atoms with E-state index in [1.54, 1.807) is 0 Å². The van der Waals surface area contributed by atoms with Gasteiger partial charge in [-0.3, -0.25) is 0 Å². The van der Waals surface area contributed by atoms with Gasteiger partial charge in [0, 0.05) is 11.6 Å². The first-order valence-electron chi connectivity index (χ1n) is 10.0. The highest BCUT2D eigenvalue weighted by atomic mass is 19.1. The van der Waals surface area contributed by atoms with E-state index >= 15 is 0 Å². The quantitative estimate of drug-likeness (QED) is 0.564. The van der Waals surface area contributed by atoms with Crippen molar-refractivity contribution in [2.45, 2.75) is 57.9 Å². The van der Waals surface area contributed by atoms with Crippen LogP contribution in [0.25, 0.3) is 11.1 Å². The molecule has 0 saturated carbocycles. The normalized spacial score (nSPS) is 16.6. The fourth-order valence-electron chi connectivity index (χ4n) is 3.61. The molecule has 2 aromatic rings. The molecule has 0 radical (unpaired) electrons. The Morgan fingerprint density at radius 2 is 1.77 bits per heavy atom. The largest absolute Gasteiger partial charge is 0.493 e. The molecular weight excluding hydrogens is 325 g/mol. The first-order chi connectivity index (χ1) is 12.8. The van der Waals surface area contributed by atoms with Gasteiger partial charge in [-0.1, -0.05) is 56.9 Å². The number of unbranched alkanes of at least 4 members (excludes halogenated alkanes) is 4. The maximum absolute atomic E-state index is 13.2. The molecule has 0 aliphatic carbocycles. The lowest BCUT2D eigenvalue weighted by Crippen LogP contribution is -2.22. The number of ether oxygens (including phenoxy) is 1. The van der Waals surface area contributed by atoms with E-state index in [9.17, 15) is 4.39 Å². The van der Waals surface area contributed by atoms with Crippen molar-refractivity contribution in [2.75, 3.05) is 13.2 Å². The standard InChI is InChI=1S/C23H30FNO/c1-2-3-4-5-6-15-25-22-8-7-16-26-23-17-19(11-14-21(22)23)18-9-12-20(24)13-10-18/h9-14,17,22,25H,2-8,15-16H2,1H3. The molecule has 1 atom stereocenters. The highest BCUT2D eigenvalue weighted by Gasteiger charge is 2.19. The first kappa shape index (κ1) is 18.9. The molecule has 1 heterocycles. The summed E-state index contributed by atoms with van der Waals surface area (Å²) in [4.78, 5) is 0. The molecule has 2 nitrogen and oxygen atoms in total. The summed E-state index contributed by atoms with van der Waals surface area (Å²) in [6.07, 6.45) is 8.68. The van der Waals surface area contributed by atoms with E-state index in [1.807, 2.05) is 12.1 Å². The zero-order chi connectivity index (χ0) is 18.2. The Balaban J connectivity index is 1.67. The van der Waals surface area contributed by atoms with E-state index in [2.05, 4.69) is 30.4 Å². The van der Waals surface area contributed by atoms with Crippen molar-refractivity contribution in [1.29, 1.82) is 0 Å². The minimum Gasteiger partial charge on any atom is -0.493 e. The Hall–Kier alpha value is -1.87. The third-order valence-electron chi connectivity index (χ3n) is 5.13. The van der Waals surface area contributed by atoms with Crippen molar-refractivity contribution in [3.63, 3.8) is 0 Å². The number of hydrogen-bond acceptors (Lipinski definition) is 2. The van der Waals surface area contributed by atoms with Gasteiger partial charge in [-0.25, -0.2) is 4.39 Å². The minimum atomic E-state index is -0.206. The van der Waals surface area contributed by atoms with Crippen LogP contribution in [0.4, 0.5) is 4.39 Å². The maximum Gasteiger partial charge on any atom is 0.124 e. The van der Waals surface area contributed by atoms with Crippen LogP contribution in [0.3, 0.4) is 0 Å². The second-order valence-electron chi connectivity index (χ2n) is 7.17. The highest BCUT2D eigenvalue weighted by molar-refractivity contribution is 5.66. The van der Waals surface area contributed by atoms with E-state index in [-0.39, 0.29) is 5.82 Å². The third-order valence-corrected chi connectivity index (χ3v) is 5.13. The molecule has 0 aromatic heterocycles. The summed E-state index contributed by atoms with van der Waals surface area (Å²) in [6, 6.07) is 13.4. The molecule has 0 spiro atoms. The summed E-state index contributed by atoms with van der Waals surface area (Å²) in [6.45, 7) is 4.07. The number of rotatable bonds is 8. The molecule has 3 heteroatoms. The average molecular weight is 355 g/mol. The second kappa shape index (κ2) is 9.72. The lowest BCUT2D eigenvalue weighted by molar-refractivity contribution is 0.315. The van der Waals surface area contributed by atoms with Gasteiger partial charge in [0.05, 0.1) is 6.61 Å². The van der Waals surface area contributed by atoms with Gasteiger partial charge in [-0.05, 0) is 55.1 Å². The van der Waals surface area contributed by atoms with Crippen molar-refractivity contribution in [3.8, 4) is 16.9 Å². The van der Waals surface area contributed by atoms with E-state index in [1.165, 1.54) is 49.8 Å². The molecule has 1 aliphatic heterocycles. The lowest BCUT2D eigenvalue weighted by atomic mass is 9.97. The SMILES string of the molecule is CCCCCCCNC1CCCOc2cc(-c3ccc(F)cc3)ccc21. The Morgan fingerprint density at radius 3 is 2.58 bits per heavy atom. The molecule has 2 aromatic carbocycles. The second-order valence-corrected chi connectivity index (χ2v) is 7.17. The zero-order valence-electron chi connectivity index (χ0n) is 15.8. The van der Waals surface area contributed by atoms with Crippen molar-refractivity contribution in [2.24, 2.45) is 0 Å². The Morgan fingerprint density at radius 1 is 1.00 bits per heavy atom. The van der Waals surface area contributed by atoms with Gasteiger partial charge in [0.1, 0.15) is 11.6 Å². The van der Waals surface area contributed by atoms with Gasteiger partial charge < -0.3 is 10.1 Å². The molecule has 140 valence electrons. The molecule has 0 bridgehead atoms. The summed E-state index contributed by atoms with van der Waals surface area (Å²) in [5.41, 5.74) is 3.34. The Kier molecular flexibility index (Phi) is 7.07. The van der Waals surface area contributed by atoms with Crippen molar-refractivity contribution >= 4 is 0 Å². The van der Waals surface area contributed by atoms with Crippen LogP contribution >= 0.6 is 0 Å². The Labute approximate surface area is 156 Å². The van der Waals surface area contributed by atoms with Crippen LogP contribution < -0.4 is 10.1 Å². The predicted octanol–water partition coefficient (Wildman–Crippen LogP) is 6.27. The molecule has 1 N–H and O–H groups in total. The molecule has 0 fully saturated rings. The van der Waals surface area contributed by atoms with Gasteiger partial charge >= 0.3 is 0 Å². The predicted molar refractivity (Wildman–Crippen MR) is 106 cm³/mol. The van der Waals surface area contributed by atoms with Crippen LogP contribution in [0, 0.1) is 5.82 Å². The smallest absolute Gasteiger partial charge is 0.124 e. The fourth-order valence-corrected chi connectivity index (χ4v) is 3.61. The average Bonchev–Trinajstić information content (AvgIpc) is 2.87. The molecule has 0 saturated heterocycles. The van der Waals surface area contributed by atoms with Crippen LogP contribution in [-0.2, 0) is 0 Å². The van der Waals surface area contributed by atoms with Crippen molar-refractivity contribution in [3.05, 3.63) is 53.8 Å². The Bertz CT molecular complexity index is 683. The van der Waals surface area contributed by atoms with E-state index in [0.717, 1.165) is 42.9 Å². The molecule has 1 aliphatic rings. The monoisotopic (exact) mass is 355 g/mol. The summed E-state index contributed by atoms with van der Waals surface area (Å²) < 4.78 is 19.2. The molecule has 26 heavy (non-hydrogen) atoms. The minimum absolute atomic E-state index is 0.206. The van der Waals surface area contributed by atoms with Gasteiger partial charge in [0.2, 0.25) is 0 Å². The molecule has 3 rings (SSSR count). The number of nitrogens with one attached hydrogen (secondary N) is 1. The topological polar surface area (TPSA) is 21.3 Å². The van der Waals surface area contributed by atoms with Gasteiger partial charge in [-0.15, -0.1) is 0 Å². The number of fused-ring (bicyclic) bond motifs is 1. The van der Waals surface area contributed by atoms with Crippen LogP contribution in [0.2, 0.25) is 0 Å². The van der Waals surface area contributed by atoms with Crippen LogP contribution in [0.15, 0.2) is 42.5 Å². The first-order valence-corrected chi connectivity index (χ1v) is 10.0. The van der Waals surface area contributed by atoms with E-state index < -0.39 is 0 Å². The van der Waals surface area contributed by atoms with Crippen molar-refractivity contribution in [1.82, 2.24) is 5.32 Å². The van der Waals surface area contributed by atoms with Gasteiger partial charge in [-0.2, -0.15) is 0 Å². The summed E-state index contributed by atoms with van der Waals surface area (Å²) >= 11 is 0. The van der Waals surface area contributed by atoms with E-state index in [0.29, 0.717) is 6.04 Å². The maximum atomic E-state index is 13.2.